The molecule has 0 unspecified atom stereocenters. The van der Waals surface area contributed by atoms with Crippen LogP contribution in [0.2, 0.25) is 0 Å². The Morgan fingerprint density at radius 1 is 1.04 bits per heavy atom. The minimum atomic E-state index is -3.45. The summed E-state index contributed by atoms with van der Waals surface area (Å²) in [6.07, 6.45) is 2.77. The van der Waals surface area contributed by atoms with Gasteiger partial charge in [-0.3, -0.25) is 4.79 Å². The summed E-state index contributed by atoms with van der Waals surface area (Å²) in [5, 5.41) is 1.26. The lowest BCUT2D eigenvalue weighted by Crippen LogP contribution is -2.47. The van der Waals surface area contributed by atoms with Gasteiger partial charge in [0.2, 0.25) is 15.9 Å². The molecule has 7 heteroatoms. The molecule has 3 rings (SSSR count). The van der Waals surface area contributed by atoms with E-state index in [1.54, 1.807) is 6.08 Å². The molecule has 0 spiro atoms. The molecule has 0 radical (unpaired) electrons. The van der Waals surface area contributed by atoms with Gasteiger partial charge in [0.05, 0.1) is 13.2 Å². The summed E-state index contributed by atoms with van der Waals surface area (Å²) in [5.74, 6) is 0.0582. The minimum absolute atomic E-state index is 0.0809. The van der Waals surface area contributed by atoms with Crippen LogP contribution in [0.1, 0.15) is 18.4 Å². The molecule has 0 atom stereocenters. The van der Waals surface area contributed by atoms with Crippen LogP contribution in [0.5, 0.6) is 0 Å². The predicted molar refractivity (Wildman–Crippen MR) is 96.1 cm³/mol. The molecule has 0 aliphatic carbocycles. The van der Waals surface area contributed by atoms with Crippen molar-refractivity contribution in [3.05, 3.63) is 41.3 Å². The average Bonchev–Trinajstić information content (AvgIpc) is 2.67. The van der Waals surface area contributed by atoms with E-state index in [0.717, 1.165) is 5.56 Å². The zero-order chi connectivity index (χ0) is 17.7. The predicted octanol–water partition coefficient (Wildman–Crippen LogP) is 1.56. The molecule has 2 heterocycles. The van der Waals surface area contributed by atoms with E-state index < -0.39 is 10.0 Å². The van der Waals surface area contributed by atoms with Crippen molar-refractivity contribution in [1.82, 2.24) is 9.21 Å². The van der Waals surface area contributed by atoms with Crippen LogP contribution in [0.25, 0.3) is 6.08 Å². The van der Waals surface area contributed by atoms with E-state index in [9.17, 15) is 13.2 Å². The fourth-order valence-electron chi connectivity index (χ4n) is 3.21. The number of morpholine rings is 1. The Bertz CT molecular complexity index is 704. The van der Waals surface area contributed by atoms with Crippen molar-refractivity contribution in [2.75, 3.05) is 39.4 Å². The largest absolute Gasteiger partial charge is 0.378 e. The molecular weight excluding hydrogens is 340 g/mol. The summed E-state index contributed by atoms with van der Waals surface area (Å²) < 4.78 is 31.7. The van der Waals surface area contributed by atoms with Crippen molar-refractivity contribution < 1.29 is 17.9 Å². The van der Waals surface area contributed by atoms with E-state index in [4.69, 9.17) is 4.74 Å². The molecule has 1 aromatic carbocycles. The molecule has 2 saturated heterocycles. The third-order valence-electron chi connectivity index (χ3n) is 4.72. The van der Waals surface area contributed by atoms with E-state index in [1.807, 2.05) is 35.2 Å². The maximum absolute atomic E-state index is 12.5. The second-order valence-electron chi connectivity index (χ2n) is 6.37. The highest BCUT2D eigenvalue weighted by molar-refractivity contribution is 7.92. The van der Waals surface area contributed by atoms with E-state index >= 15 is 0 Å². The van der Waals surface area contributed by atoms with Crippen molar-refractivity contribution in [2.24, 2.45) is 5.92 Å². The SMILES string of the molecule is O=C(C1CCN(S(=O)(=O)/C=C/c2ccccc2)CC1)N1CCOCC1. The topological polar surface area (TPSA) is 66.9 Å². The number of hydrogen-bond acceptors (Lipinski definition) is 4. The summed E-state index contributed by atoms with van der Waals surface area (Å²) >= 11 is 0. The molecule has 0 aromatic heterocycles. The molecule has 2 aliphatic heterocycles. The molecule has 136 valence electrons. The first-order valence-electron chi connectivity index (χ1n) is 8.66. The van der Waals surface area contributed by atoms with Gasteiger partial charge >= 0.3 is 0 Å². The summed E-state index contributed by atoms with van der Waals surface area (Å²) in [4.78, 5) is 14.3. The van der Waals surface area contributed by atoms with Crippen LogP contribution < -0.4 is 0 Å². The number of nitrogens with zero attached hydrogens (tertiary/aromatic N) is 2. The number of ether oxygens (including phenoxy) is 1. The average molecular weight is 364 g/mol. The van der Waals surface area contributed by atoms with Crippen molar-refractivity contribution in [2.45, 2.75) is 12.8 Å². The van der Waals surface area contributed by atoms with Gasteiger partial charge in [-0.25, -0.2) is 8.42 Å². The smallest absolute Gasteiger partial charge is 0.236 e. The molecule has 2 fully saturated rings. The Balaban J connectivity index is 1.56. The highest BCUT2D eigenvalue weighted by atomic mass is 32.2. The van der Waals surface area contributed by atoms with Crippen molar-refractivity contribution in [1.29, 1.82) is 0 Å². The quantitative estimate of drug-likeness (QED) is 0.813. The fraction of sp³-hybridized carbons (Fsp3) is 0.500. The first-order valence-corrected chi connectivity index (χ1v) is 10.2. The van der Waals surface area contributed by atoms with Crippen LogP contribution in [0.15, 0.2) is 35.7 Å². The first-order chi connectivity index (χ1) is 12.1. The Morgan fingerprint density at radius 2 is 1.68 bits per heavy atom. The Morgan fingerprint density at radius 3 is 2.32 bits per heavy atom. The first kappa shape index (κ1) is 18.1. The number of rotatable bonds is 4. The van der Waals surface area contributed by atoms with Crippen LogP contribution in [-0.4, -0.2) is 62.9 Å². The Hall–Kier alpha value is -1.70. The number of sulfonamides is 1. The summed E-state index contributed by atoms with van der Waals surface area (Å²) in [7, 11) is -3.45. The summed E-state index contributed by atoms with van der Waals surface area (Å²) in [6, 6.07) is 9.35. The molecule has 0 saturated carbocycles. The van der Waals surface area contributed by atoms with Crippen LogP contribution in [0.4, 0.5) is 0 Å². The summed E-state index contributed by atoms with van der Waals surface area (Å²) in [5.41, 5.74) is 0.850. The third kappa shape index (κ3) is 4.68. The number of benzene rings is 1. The molecule has 2 aliphatic rings. The van der Waals surface area contributed by atoms with Crippen LogP contribution in [0.3, 0.4) is 0 Å². The maximum atomic E-state index is 12.5. The standard InChI is InChI=1S/C18H24N2O4S/c21-18(19-11-13-24-14-12-19)17-6-9-20(10-7-17)25(22,23)15-8-16-4-2-1-3-5-16/h1-5,8,15,17H,6-7,9-14H2/b15-8+. The van der Waals surface area contributed by atoms with E-state index in [1.165, 1.54) is 9.71 Å². The highest BCUT2D eigenvalue weighted by Gasteiger charge is 2.32. The van der Waals surface area contributed by atoms with Gasteiger partial charge in [0.1, 0.15) is 0 Å². The second kappa shape index (κ2) is 8.12. The molecule has 0 bridgehead atoms. The van der Waals surface area contributed by atoms with Crippen LogP contribution >= 0.6 is 0 Å². The molecular formula is C18H24N2O4S. The number of amides is 1. The van der Waals surface area contributed by atoms with Gasteiger partial charge in [0, 0.05) is 37.5 Å². The number of carbonyl (C=O) groups is 1. The number of hydrogen-bond donors (Lipinski definition) is 0. The van der Waals surface area contributed by atoms with E-state index in [2.05, 4.69) is 0 Å². The lowest BCUT2D eigenvalue weighted by atomic mass is 9.96. The second-order valence-corrected chi connectivity index (χ2v) is 8.19. The molecule has 0 N–H and O–H groups in total. The zero-order valence-electron chi connectivity index (χ0n) is 14.2. The highest BCUT2D eigenvalue weighted by Crippen LogP contribution is 2.23. The van der Waals surface area contributed by atoms with E-state index in [0.29, 0.717) is 52.2 Å². The van der Waals surface area contributed by atoms with E-state index in [-0.39, 0.29) is 11.8 Å². The van der Waals surface area contributed by atoms with Gasteiger partial charge in [-0.2, -0.15) is 4.31 Å². The van der Waals surface area contributed by atoms with Gasteiger partial charge in [-0.15, -0.1) is 0 Å². The monoisotopic (exact) mass is 364 g/mol. The maximum Gasteiger partial charge on any atom is 0.236 e. The normalized spacial score (nSPS) is 20.9. The van der Waals surface area contributed by atoms with Gasteiger partial charge in [-0.1, -0.05) is 30.3 Å². The van der Waals surface area contributed by atoms with Gasteiger partial charge < -0.3 is 9.64 Å². The van der Waals surface area contributed by atoms with Crippen LogP contribution in [0, 0.1) is 5.92 Å². The molecule has 25 heavy (non-hydrogen) atoms. The van der Waals surface area contributed by atoms with Gasteiger partial charge in [0.15, 0.2) is 0 Å². The minimum Gasteiger partial charge on any atom is -0.378 e. The Labute approximate surface area is 149 Å². The Kier molecular flexibility index (Phi) is 5.88. The number of carbonyl (C=O) groups excluding carboxylic acids is 1. The molecule has 1 aromatic rings. The van der Waals surface area contributed by atoms with Gasteiger partial charge in [-0.05, 0) is 24.5 Å². The van der Waals surface area contributed by atoms with Crippen LogP contribution in [-0.2, 0) is 19.6 Å². The fourth-order valence-corrected chi connectivity index (χ4v) is 4.43. The molecule has 1 amide bonds. The number of piperidine rings is 1. The molecule has 6 nitrogen and oxygen atoms in total. The third-order valence-corrected chi connectivity index (χ3v) is 6.28. The van der Waals surface area contributed by atoms with Crippen molar-refractivity contribution in [3.63, 3.8) is 0 Å². The zero-order valence-corrected chi connectivity index (χ0v) is 15.0. The lowest BCUT2D eigenvalue weighted by molar-refractivity contribution is -0.140. The van der Waals surface area contributed by atoms with Crippen molar-refractivity contribution in [3.8, 4) is 0 Å². The van der Waals surface area contributed by atoms with Gasteiger partial charge in [0.25, 0.3) is 0 Å². The summed E-state index contributed by atoms with van der Waals surface area (Å²) in [6.45, 7) is 3.23. The van der Waals surface area contributed by atoms with Crippen molar-refractivity contribution >= 4 is 22.0 Å². The lowest BCUT2D eigenvalue weighted by Gasteiger charge is -2.34.